The summed E-state index contributed by atoms with van der Waals surface area (Å²) in [6, 6.07) is 7.79. The molecule has 1 amide bonds. The maximum Gasteiger partial charge on any atom is 0.417 e. The number of anilines is 2. The van der Waals surface area contributed by atoms with Gasteiger partial charge >= 0.3 is 6.18 Å². The molecule has 0 fully saturated rings. The Bertz CT molecular complexity index is 1320. The van der Waals surface area contributed by atoms with Gasteiger partial charge in [-0.3, -0.25) is 14.4 Å². The van der Waals surface area contributed by atoms with Gasteiger partial charge in [0.2, 0.25) is 0 Å². The van der Waals surface area contributed by atoms with Crippen LogP contribution in [0.25, 0.3) is 0 Å². The van der Waals surface area contributed by atoms with Crippen LogP contribution in [0.5, 0.6) is 0 Å². The highest BCUT2D eigenvalue weighted by Crippen LogP contribution is 2.36. The third kappa shape index (κ3) is 5.60. The van der Waals surface area contributed by atoms with Gasteiger partial charge in [-0.15, -0.1) is 0 Å². The number of nitrogens with one attached hydrogen (secondary N) is 1. The Balaban J connectivity index is 2.06. The van der Waals surface area contributed by atoms with E-state index in [1.54, 1.807) is 32.0 Å². The van der Waals surface area contributed by atoms with Crippen molar-refractivity contribution < 1.29 is 26.4 Å². The Morgan fingerprint density at radius 2 is 1.79 bits per heavy atom. The molecule has 2 aromatic heterocycles. The number of alkyl halides is 3. The van der Waals surface area contributed by atoms with Crippen LogP contribution in [0.1, 0.15) is 29.9 Å². The van der Waals surface area contributed by atoms with Crippen molar-refractivity contribution in [3.05, 3.63) is 76.2 Å². The zero-order chi connectivity index (χ0) is 25.3. The summed E-state index contributed by atoms with van der Waals surface area (Å²) in [5, 5.41) is -0.662. The molecule has 3 aromatic rings. The number of nitrogens with zero attached hydrogens (tertiary/aromatic N) is 3. The maximum absolute atomic E-state index is 13.4. The summed E-state index contributed by atoms with van der Waals surface area (Å²) < 4.78 is 67.6. The second-order valence-corrected chi connectivity index (χ2v) is 9.78. The highest BCUT2D eigenvalue weighted by molar-refractivity contribution is 7.92. The normalized spacial score (nSPS) is 12.0. The first kappa shape index (κ1) is 25.7. The van der Waals surface area contributed by atoms with Crippen LogP contribution in [0.15, 0.2) is 59.8 Å². The van der Waals surface area contributed by atoms with Crippen LogP contribution in [0.4, 0.5) is 24.7 Å². The van der Waals surface area contributed by atoms with E-state index >= 15 is 0 Å². The molecule has 0 atom stereocenters. The van der Waals surface area contributed by atoms with Crippen LogP contribution >= 0.6 is 23.2 Å². The topological polar surface area (TPSA) is 92.3 Å². The van der Waals surface area contributed by atoms with E-state index in [2.05, 4.69) is 14.7 Å². The summed E-state index contributed by atoms with van der Waals surface area (Å²) in [7, 11) is -4.59. The van der Waals surface area contributed by atoms with Crippen LogP contribution < -0.4 is 9.62 Å². The zero-order valence-corrected chi connectivity index (χ0v) is 20.0. The fraction of sp³-hybridized carbons (Fsp3) is 0.190. The number of carbonyl (C=O) groups excluding carboxylic acids is 1. The molecule has 1 aromatic carbocycles. The van der Waals surface area contributed by atoms with Crippen molar-refractivity contribution in [2.75, 3.05) is 9.62 Å². The Labute approximate surface area is 203 Å². The highest BCUT2D eigenvalue weighted by atomic mass is 35.5. The number of halogens is 5. The van der Waals surface area contributed by atoms with Crippen LogP contribution in [0.2, 0.25) is 10.0 Å². The molecule has 0 aliphatic heterocycles. The van der Waals surface area contributed by atoms with Crippen LogP contribution in [-0.2, 0) is 16.2 Å². The van der Waals surface area contributed by atoms with E-state index in [4.69, 9.17) is 23.2 Å². The van der Waals surface area contributed by atoms with E-state index in [0.29, 0.717) is 11.9 Å². The predicted octanol–water partition coefficient (Wildman–Crippen LogP) is 5.66. The van der Waals surface area contributed by atoms with Gasteiger partial charge < -0.3 is 0 Å². The number of hydrogen-bond donors (Lipinski definition) is 1. The van der Waals surface area contributed by atoms with Gasteiger partial charge in [0.25, 0.3) is 15.9 Å². The minimum atomic E-state index is -4.87. The predicted molar refractivity (Wildman–Crippen MR) is 123 cm³/mol. The number of amides is 1. The summed E-state index contributed by atoms with van der Waals surface area (Å²) in [6.45, 7) is 3.44. The fourth-order valence-corrected chi connectivity index (χ4v) is 4.46. The molecule has 1 N–H and O–H groups in total. The molecule has 0 bridgehead atoms. The first-order valence-corrected chi connectivity index (χ1v) is 11.8. The van der Waals surface area contributed by atoms with Gasteiger partial charge in [0.05, 0.1) is 26.2 Å². The Morgan fingerprint density at radius 3 is 2.38 bits per heavy atom. The molecule has 2 heterocycles. The van der Waals surface area contributed by atoms with Crippen molar-refractivity contribution in [2.24, 2.45) is 0 Å². The first-order chi connectivity index (χ1) is 15.8. The second kappa shape index (κ2) is 9.77. The van der Waals surface area contributed by atoms with Crippen LogP contribution in [0, 0.1) is 0 Å². The number of pyridine rings is 2. The van der Waals surface area contributed by atoms with E-state index < -0.39 is 43.6 Å². The van der Waals surface area contributed by atoms with Gasteiger partial charge in [-0.05, 0) is 50.2 Å². The largest absolute Gasteiger partial charge is 0.417 e. The molecule has 0 aliphatic rings. The van der Waals surface area contributed by atoms with E-state index in [1.165, 1.54) is 11.1 Å². The lowest BCUT2D eigenvalue weighted by atomic mass is 10.2. The van der Waals surface area contributed by atoms with Gasteiger partial charge in [-0.25, -0.2) is 18.4 Å². The number of rotatable bonds is 6. The molecule has 0 unspecified atom stereocenters. The van der Waals surface area contributed by atoms with Crippen molar-refractivity contribution >= 4 is 50.6 Å². The summed E-state index contributed by atoms with van der Waals surface area (Å²) in [5.74, 6) is -0.407. The van der Waals surface area contributed by atoms with Crippen molar-refractivity contribution in [1.82, 2.24) is 9.97 Å². The standard InChI is InChI=1S/C21H17Cl2F3N4O3S/c1-12(2)30(18-5-3-4-8-27-18)20(31)19-17(9-13(22)11-28-19)29-34(32,33)14-6-7-16(23)15(10-14)21(24,25)26/h3-12,29H,1-2H3. The SMILES string of the molecule is CC(C)N(C(=O)c1ncc(Cl)cc1NS(=O)(=O)c1ccc(Cl)c(C(F)(F)F)c1)c1ccccn1. The maximum atomic E-state index is 13.4. The smallest absolute Gasteiger partial charge is 0.289 e. The van der Waals surface area contributed by atoms with Gasteiger partial charge in [0.1, 0.15) is 5.82 Å². The summed E-state index contributed by atoms with van der Waals surface area (Å²) in [6.07, 6.45) is -2.25. The van der Waals surface area contributed by atoms with Gasteiger partial charge in [-0.2, -0.15) is 13.2 Å². The average Bonchev–Trinajstić information content (AvgIpc) is 2.73. The molecule has 180 valence electrons. The lowest BCUT2D eigenvalue weighted by Crippen LogP contribution is -2.38. The molecule has 13 heteroatoms. The Morgan fingerprint density at radius 1 is 1.09 bits per heavy atom. The first-order valence-electron chi connectivity index (χ1n) is 9.61. The van der Waals surface area contributed by atoms with Gasteiger partial charge in [0, 0.05) is 18.4 Å². The number of carbonyl (C=O) groups is 1. The lowest BCUT2D eigenvalue weighted by molar-refractivity contribution is -0.137. The number of aromatic nitrogens is 2. The van der Waals surface area contributed by atoms with Crippen LogP contribution in [-0.4, -0.2) is 30.3 Å². The molecule has 0 spiro atoms. The third-order valence-corrected chi connectivity index (χ3v) is 6.39. The Kier molecular flexibility index (Phi) is 7.39. The number of hydrogen-bond acceptors (Lipinski definition) is 5. The van der Waals surface area contributed by atoms with E-state index in [9.17, 15) is 26.4 Å². The number of benzene rings is 1. The summed E-state index contributed by atoms with van der Waals surface area (Å²) in [4.78, 5) is 22.1. The molecule has 3 rings (SSSR count). The monoisotopic (exact) mass is 532 g/mol. The van der Waals surface area contributed by atoms with Crippen molar-refractivity contribution in [3.63, 3.8) is 0 Å². The Hall–Kier alpha value is -2.89. The molecule has 0 radical (unpaired) electrons. The zero-order valence-electron chi connectivity index (χ0n) is 17.6. The molecule has 34 heavy (non-hydrogen) atoms. The number of sulfonamides is 1. The fourth-order valence-electron chi connectivity index (χ4n) is 2.99. The van der Waals surface area contributed by atoms with Crippen molar-refractivity contribution in [1.29, 1.82) is 0 Å². The summed E-state index contributed by atoms with van der Waals surface area (Å²) in [5.41, 5.74) is -1.96. The molecule has 0 saturated heterocycles. The van der Waals surface area contributed by atoms with Gasteiger partial charge in [0.15, 0.2) is 5.69 Å². The van der Waals surface area contributed by atoms with E-state index in [1.807, 2.05) is 0 Å². The van der Waals surface area contributed by atoms with E-state index in [0.717, 1.165) is 24.4 Å². The second-order valence-electron chi connectivity index (χ2n) is 7.25. The molecule has 0 saturated carbocycles. The van der Waals surface area contributed by atoms with Crippen molar-refractivity contribution in [3.8, 4) is 0 Å². The third-order valence-electron chi connectivity index (χ3n) is 4.49. The van der Waals surface area contributed by atoms with Gasteiger partial charge in [-0.1, -0.05) is 29.3 Å². The van der Waals surface area contributed by atoms with E-state index in [-0.39, 0.29) is 16.4 Å². The minimum Gasteiger partial charge on any atom is -0.289 e. The molecular formula is C21H17Cl2F3N4O3S. The molecular weight excluding hydrogens is 516 g/mol. The molecule has 0 aliphatic carbocycles. The minimum absolute atomic E-state index is 0.00438. The van der Waals surface area contributed by atoms with Crippen molar-refractivity contribution in [2.45, 2.75) is 31.0 Å². The van der Waals surface area contributed by atoms with Crippen LogP contribution in [0.3, 0.4) is 0 Å². The quantitative estimate of drug-likeness (QED) is 0.442. The average molecular weight is 533 g/mol. The highest BCUT2D eigenvalue weighted by Gasteiger charge is 2.35. The lowest BCUT2D eigenvalue weighted by Gasteiger charge is -2.26. The summed E-state index contributed by atoms with van der Waals surface area (Å²) >= 11 is 11.5. The molecule has 7 nitrogen and oxygen atoms in total.